The molecule has 10 heteroatoms. The molecule has 0 saturated carbocycles. The summed E-state index contributed by atoms with van der Waals surface area (Å²) in [6.07, 6.45) is -0.227. The van der Waals surface area contributed by atoms with Crippen molar-refractivity contribution in [2.45, 2.75) is 19.3 Å². The van der Waals surface area contributed by atoms with Crippen LogP contribution in [0.4, 0.5) is 5.13 Å². The molecule has 1 heterocycles. The first-order chi connectivity index (χ1) is 15.2. The van der Waals surface area contributed by atoms with Crippen molar-refractivity contribution < 1.29 is 14.7 Å². The Labute approximate surface area is 194 Å². The molecule has 1 atom stereocenters. The molecule has 166 valence electrons. The number of halogens is 1. The van der Waals surface area contributed by atoms with Gasteiger partial charge in [0.15, 0.2) is 5.96 Å². The van der Waals surface area contributed by atoms with E-state index in [0.717, 1.165) is 21.7 Å². The van der Waals surface area contributed by atoms with Crippen LogP contribution in [0.2, 0.25) is 5.02 Å². The lowest BCUT2D eigenvalue weighted by molar-refractivity contribution is -0.306. The highest BCUT2D eigenvalue weighted by molar-refractivity contribution is 7.18. The Bertz CT molecular complexity index is 1160. The van der Waals surface area contributed by atoms with Crippen LogP contribution < -0.4 is 21.9 Å². The lowest BCUT2D eigenvalue weighted by atomic mass is 9.95. The summed E-state index contributed by atoms with van der Waals surface area (Å²) < 4.78 is 0. The number of carboxylic acids is 1. The van der Waals surface area contributed by atoms with Gasteiger partial charge in [-0.3, -0.25) is 4.79 Å². The van der Waals surface area contributed by atoms with Gasteiger partial charge in [-0.2, -0.15) is 4.99 Å². The number of nitrogens with zero attached hydrogens (tertiary/aromatic N) is 2. The first-order valence-corrected chi connectivity index (χ1v) is 10.8. The number of nitrogens with two attached hydrogens (primary N) is 2. The topological polar surface area (TPSA) is 147 Å². The Kier molecular flexibility index (Phi) is 7.45. The normalized spacial score (nSPS) is 11.6. The Hall–Kier alpha value is -3.43. The lowest BCUT2D eigenvalue weighted by Crippen LogP contribution is -2.32. The van der Waals surface area contributed by atoms with Crippen molar-refractivity contribution in [1.82, 2.24) is 10.3 Å². The standard InChI is InChI=1S/C22H22ClN5O3S/c1-12-19(32-22(27-12)28-21(24)25)14-3-2-4-15(9-14)20(31)26-11-16(10-18(29)30)13-5-7-17(23)8-6-13/h2-9,16H,10-11H2,1H3,(H,26,31)(H,29,30)(H4,24,25,27,28)/p-1. The lowest BCUT2D eigenvalue weighted by Gasteiger charge is -2.19. The summed E-state index contributed by atoms with van der Waals surface area (Å²) in [6.45, 7) is 1.97. The summed E-state index contributed by atoms with van der Waals surface area (Å²) in [6, 6.07) is 13.9. The number of nitrogens with one attached hydrogen (secondary N) is 1. The molecule has 0 radical (unpaired) electrons. The second-order valence-electron chi connectivity index (χ2n) is 7.06. The van der Waals surface area contributed by atoms with Crippen LogP contribution in [0.3, 0.4) is 0 Å². The largest absolute Gasteiger partial charge is 0.550 e. The molecule has 32 heavy (non-hydrogen) atoms. The third-order valence-corrected chi connectivity index (χ3v) is 6.01. The van der Waals surface area contributed by atoms with E-state index >= 15 is 0 Å². The minimum Gasteiger partial charge on any atom is -0.550 e. The minimum atomic E-state index is -1.20. The number of thiazole rings is 1. The van der Waals surface area contributed by atoms with Crippen LogP contribution in [0, 0.1) is 6.92 Å². The van der Waals surface area contributed by atoms with Crippen LogP contribution >= 0.6 is 22.9 Å². The smallest absolute Gasteiger partial charge is 0.251 e. The fourth-order valence-corrected chi connectivity index (χ4v) is 4.25. The van der Waals surface area contributed by atoms with Gasteiger partial charge < -0.3 is 26.7 Å². The van der Waals surface area contributed by atoms with Gasteiger partial charge >= 0.3 is 0 Å². The summed E-state index contributed by atoms with van der Waals surface area (Å²) in [4.78, 5) is 33.1. The van der Waals surface area contributed by atoms with Crippen LogP contribution in [-0.4, -0.2) is 29.4 Å². The Morgan fingerprint density at radius 2 is 1.94 bits per heavy atom. The number of carbonyl (C=O) groups is 2. The Balaban J connectivity index is 1.76. The van der Waals surface area contributed by atoms with Crippen molar-refractivity contribution in [1.29, 1.82) is 0 Å². The van der Waals surface area contributed by atoms with E-state index in [2.05, 4.69) is 15.3 Å². The molecule has 0 aliphatic heterocycles. The van der Waals surface area contributed by atoms with Crippen molar-refractivity contribution in [3.05, 3.63) is 70.4 Å². The van der Waals surface area contributed by atoms with Gasteiger partial charge in [0.2, 0.25) is 5.13 Å². The number of hydrogen-bond donors (Lipinski definition) is 3. The Morgan fingerprint density at radius 3 is 2.59 bits per heavy atom. The molecule has 3 aromatic rings. The summed E-state index contributed by atoms with van der Waals surface area (Å²) in [5.41, 5.74) is 13.6. The van der Waals surface area contributed by atoms with Gasteiger partial charge in [0, 0.05) is 29.0 Å². The van der Waals surface area contributed by atoms with Gasteiger partial charge in [-0.05, 0) is 48.7 Å². The summed E-state index contributed by atoms with van der Waals surface area (Å²) >= 11 is 7.22. The van der Waals surface area contributed by atoms with Crippen LogP contribution in [0.15, 0.2) is 53.5 Å². The van der Waals surface area contributed by atoms with Gasteiger partial charge in [0.05, 0.1) is 10.6 Å². The number of aryl methyl sites for hydroxylation is 1. The van der Waals surface area contributed by atoms with Gasteiger partial charge in [-0.15, -0.1) is 0 Å². The fourth-order valence-electron chi connectivity index (χ4n) is 3.17. The first kappa shape index (κ1) is 23.2. The monoisotopic (exact) mass is 470 g/mol. The molecule has 1 aromatic heterocycles. The second kappa shape index (κ2) is 10.3. The van der Waals surface area contributed by atoms with E-state index in [0.29, 0.717) is 15.7 Å². The number of carbonyl (C=O) groups excluding carboxylic acids is 2. The third-order valence-electron chi connectivity index (χ3n) is 4.66. The van der Waals surface area contributed by atoms with Crippen LogP contribution in [0.25, 0.3) is 10.4 Å². The SMILES string of the molecule is Cc1nc(N=C(N)N)sc1-c1cccc(C(=O)NCC(CC(=O)[O-])c2ccc(Cl)cc2)c1. The van der Waals surface area contributed by atoms with E-state index in [9.17, 15) is 14.7 Å². The number of aromatic nitrogens is 1. The van der Waals surface area contributed by atoms with E-state index in [-0.39, 0.29) is 24.8 Å². The maximum atomic E-state index is 12.8. The van der Waals surface area contributed by atoms with Crippen LogP contribution in [-0.2, 0) is 4.79 Å². The van der Waals surface area contributed by atoms with Crippen molar-refractivity contribution in [3.63, 3.8) is 0 Å². The fraction of sp³-hybridized carbons (Fsp3) is 0.182. The van der Waals surface area contributed by atoms with Crippen molar-refractivity contribution in [2.24, 2.45) is 16.5 Å². The highest BCUT2D eigenvalue weighted by Crippen LogP contribution is 2.34. The average Bonchev–Trinajstić information content (AvgIpc) is 3.10. The van der Waals surface area contributed by atoms with Crippen LogP contribution in [0.5, 0.6) is 0 Å². The number of aliphatic imine (C=N–C) groups is 1. The van der Waals surface area contributed by atoms with Gasteiger partial charge in [-0.25, -0.2) is 4.98 Å². The van der Waals surface area contributed by atoms with E-state index < -0.39 is 11.9 Å². The summed E-state index contributed by atoms with van der Waals surface area (Å²) in [7, 11) is 0. The molecule has 1 amide bonds. The van der Waals surface area contributed by atoms with Gasteiger partial charge in [0.25, 0.3) is 5.91 Å². The minimum absolute atomic E-state index is 0.0785. The zero-order valence-corrected chi connectivity index (χ0v) is 18.7. The molecule has 0 aliphatic carbocycles. The number of guanidine groups is 1. The Morgan fingerprint density at radius 1 is 1.22 bits per heavy atom. The molecular weight excluding hydrogens is 450 g/mol. The van der Waals surface area contributed by atoms with E-state index in [1.165, 1.54) is 11.3 Å². The van der Waals surface area contributed by atoms with E-state index in [1.807, 2.05) is 13.0 Å². The van der Waals surface area contributed by atoms with Crippen LogP contribution in [0.1, 0.15) is 34.0 Å². The summed E-state index contributed by atoms with van der Waals surface area (Å²) in [5.74, 6) is -2.05. The molecule has 5 N–H and O–H groups in total. The van der Waals surface area contributed by atoms with E-state index in [4.69, 9.17) is 23.1 Å². The van der Waals surface area contributed by atoms with Gasteiger partial charge in [-0.1, -0.05) is 47.2 Å². The number of hydrogen-bond acceptors (Lipinski definition) is 6. The molecular formula is C22H21ClN5O3S-. The number of rotatable bonds is 8. The molecule has 0 aliphatic rings. The zero-order valence-electron chi connectivity index (χ0n) is 17.2. The molecule has 0 saturated heterocycles. The maximum Gasteiger partial charge on any atom is 0.251 e. The third kappa shape index (κ3) is 6.05. The van der Waals surface area contributed by atoms with E-state index in [1.54, 1.807) is 42.5 Å². The molecule has 0 fully saturated rings. The molecule has 0 bridgehead atoms. The molecule has 0 spiro atoms. The highest BCUT2D eigenvalue weighted by atomic mass is 35.5. The number of amides is 1. The number of aliphatic carboxylic acids is 1. The maximum absolute atomic E-state index is 12.8. The summed E-state index contributed by atoms with van der Waals surface area (Å²) in [5, 5.41) is 15.0. The van der Waals surface area contributed by atoms with Crippen molar-refractivity contribution >= 4 is 45.9 Å². The molecule has 2 aromatic carbocycles. The molecule has 3 rings (SSSR count). The highest BCUT2D eigenvalue weighted by Gasteiger charge is 2.16. The average molecular weight is 471 g/mol. The molecule has 1 unspecified atom stereocenters. The molecule has 8 nitrogen and oxygen atoms in total. The zero-order chi connectivity index (χ0) is 23.3. The second-order valence-corrected chi connectivity index (χ2v) is 8.48. The quantitative estimate of drug-likeness (QED) is 0.340. The number of benzene rings is 2. The first-order valence-electron chi connectivity index (χ1n) is 9.64. The van der Waals surface area contributed by atoms with Crippen molar-refractivity contribution in [3.8, 4) is 10.4 Å². The predicted octanol–water partition coefficient (Wildman–Crippen LogP) is 2.33. The van der Waals surface area contributed by atoms with Gasteiger partial charge in [0.1, 0.15) is 0 Å². The predicted molar refractivity (Wildman–Crippen MR) is 124 cm³/mol. The number of carboxylic acid groups (broad SMARTS) is 1. The van der Waals surface area contributed by atoms with Crippen molar-refractivity contribution in [2.75, 3.05) is 6.54 Å².